The highest BCUT2D eigenvalue weighted by Crippen LogP contribution is 2.39. The first kappa shape index (κ1) is 15.7. The Morgan fingerprint density at radius 1 is 1.45 bits per heavy atom. The monoisotopic (exact) mass is 341 g/mol. The van der Waals surface area contributed by atoms with Crippen LogP contribution in [0.15, 0.2) is 10.7 Å². The van der Waals surface area contributed by atoms with Crippen molar-refractivity contribution in [2.24, 2.45) is 11.1 Å². The van der Waals surface area contributed by atoms with Gasteiger partial charge < -0.3 is 5.73 Å². The number of aryl methyl sites for hydroxylation is 1. The van der Waals surface area contributed by atoms with Gasteiger partial charge in [0.25, 0.3) is 0 Å². The Hall–Kier alpha value is -0.680. The highest BCUT2D eigenvalue weighted by molar-refractivity contribution is 9.10. The fraction of sp³-hybridized carbons (Fsp3) is 0.733. The molecule has 4 nitrogen and oxygen atoms in total. The molecule has 2 rings (SSSR count). The molecule has 1 aromatic rings. The molecule has 112 valence electrons. The summed E-state index contributed by atoms with van der Waals surface area (Å²) in [6.45, 7) is 3.48. The number of halogens is 1. The lowest BCUT2D eigenvalue weighted by atomic mass is 9.71. The molecule has 20 heavy (non-hydrogen) atoms. The molecule has 1 saturated carbocycles. The molecule has 0 saturated heterocycles. The first-order valence-corrected chi connectivity index (χ1v) is 8.36. The molecule has 1 aromatic heterocycles. The zero-order valence-corrected chi connectivity index (χ0v) is 13.8. The average Bonchev–Trinajstić information content (AvgIpc) is 2.81. The third kappa shape index (κ3) is 3.31. The SMILES string of the molecule is CCCn1ncc(Br)c1C(=O)CC1(CN)CCCCC1. The predicted octanol–water partition coefficient (Wildman–Crippen LogP) is 3.54. The molecule has 0 amide bonds. The van der Waals surface area contributed by atoms with E-state index in [-0.39, 0.29) is 11.2 Å². The van der Waals surface area contributed by atoms with E-state index in [1.165, 1.54) is 19.3 Å². The Bertz CT molecular complexity index is 464. The zero-order valence-electron chi connectivity index (χ0n) is 12.2. The minimum atomic E-state index is 0.0100. The molecule has 1 aliphatic rings. The van der Waals surface area contributed by atoms with Crippen LogP contribution in [-0.4, -0.2) is 22.1 Å². The Kier molecular flexibility index (Phi) is 5.38. The van der Waals surface area contributed by atoms with E-state index in [9.17, 15) is 4.79 Å². The van der Waals surface area contributed by atoms with Gasteiger partial charge >= 0.3 is 0 Å². The van der Waals surface area contributed by atoms with Crippen LogP contribution in [0.2, 0.25) is 0 Å². The molecule has 0 atom stereocenters. The van der Waals surface area contributed by atoms with Crippen molar-refractivity contribution in [3.8, 4) is 0 Å². The molecule has 5 heteroatoms. The summed E-state index contributed by atoms with van der Waals surface area (Å²) in [4.78, 5) is 12.7. The summed E-state index contributed by atoms with van der Waals surface area (Å²) in [6.07, 6.45) is 9.06. The number of Topliss-reactive ketones (excluding diaryl/α,β-unsaturated/α-hetero) is 1. The summed E-state index contributed by atoms with van der Waals surface area (Å²) < 4.78 is 2.62. The average molecular weight is 342 g/mol. The minimum Gasteiger partial charge on any atom is -0.330 e. The lowest BCUT2D eigenvalue weighted by molar-refractivity contribution is 0.0856. The van der Waals surface area contributed by atoms with E-state index >= 15 is 0 Å². The van der Waals surface area contributed by atoms with Crippen LogP contribution in [0.1, 0.15) is 62.4 Å². The summed E-state index contributed by atoms with van der Waals surface area (Å²) >= 11 is 3.46. The zero-order chi connectivity index (χ0) is 14.6. The lowest BCUT2D eigenvalue weighted by Crippen LogP contribution is -2.35. The van der Waals surface area contributed by atoms with Crippen molar-refractivity contribution in [2.75, 3.05) is 6.54 Å². The fourth-order valence-electron chi connectivity index (χ4n) is 3.20. The van der Waals surface area contributed by atoms with E-state index in [1.807, 2.05) is 4.68 Å². The molecule has 0 bridgehead atoms. The number of nitrogens with zero attached hydrogens (tertiary/aromatic N) is 2. The van der Waals surface area contributed by atoms with Gasteiger partial charge in [-0.05, 0) is 47.2 Å². The maximum absolute atomic E-state index is 12.7. The number of carbonyl (C=O) groups excluding carboxylic acids is 1. The quantitative estimate of drug-likeness (QED) is 0.805. The van der Waals surface area contributed by atoms with E-state index in [0.29, 0.717) is 18.7 Å². The molecule has 1 fully saturated rings. The van der Waals surface area contributed by atoms with Gasteiger partial charge in [0.1, 0.15) is 5.69 Å². The summed E-state index contributed by atoms with van der Waals surface area (Å²) in [6, 6.07) is 0. The second kappa shape index (κ2) is 6.85. The van der Waals surface area contributed by atoms with E-state index in [2.05, 4.69) is 28.0 Å². The fourth-order valence-corrected chi connectivity index (χ4v) is 3.72. The van der Waals surface area contributed by atoms with Crippen LogP contribution in [0.3, 0.4) is 0 Å². The van der Waals surface area contributed by atoms with Crippen LogP contribution in [0.5, 0.6) is 0 Å². The van der Waals surface area contributed by atoms with Gasteiger partial charge in [-0.15, -0.1) is 0 Å². The highest BCUT2D eigenvalue weighted by atomic mass is 79.9. The first-order chi connectivity index (χ1) is 9.62. The van der Waals surface area contributed by atoms with Crippen molar-refractivity contribution >= 4 is 21.7 Å². The third-order valence-electron chi connectivity index (χ3n) is 4.38. The molecule has 0 radical (unpaired) electrons. The van der Waals surface area contributed by atoms with Crippen LogP contribution in [0.4, 0.5) is 0 Å². The lowest BCUT2D eigenvalue weighted by Gasteiger charge is -2.35. The van der Waals surface area contributed by atoms with Crippen LogP contribution < -0.4 is 5.73 Å². The predicted molar refractivity (Wildman–Crippen MR) is 83.7 cm³/mol. The number of hydrogen-bond donors (Lipinski definition) is 1. The molecule has 1 aliphatic carbocycles. The minimum absolute atomic E-state index is 0.0100. The van der Waals surface area contributed by atoms with Crippen LogP contribution in [0.25, 0.3) is 0 Å². The first-order valence-electron chi connectivity index (χ1n) is 7.56. The molecule has 0 unspecified atom stereocenters. The Morgan fingerprint density at radius 2 is 2.15 bits per heavy atom. The van der Waals surface area contributed by atoms with E-state index < -0.39 is 0 Å². The van der Waals surface area contributed by atoms with E-state index in [4.69, 9.17) is 5.73 Å². The third-order valence-corrected chi connectivity index (χ3v) is 4.96. The van der Waals surface area contributed by atoms with Crippen molar-refractivity contribution in [1.29, 1.82) is 0 Å². The number of aromatic nitrogens is 2. The van der Waals surface area contributed by atoms with E-state index in [1.54, 1.807) is 6.20 Å². The maximum atomic E-state index is 12.7. The normalized spacial score (nSPS) is 18.1. The molecular weight excluding hydrogens is 318 g/mol. The summed E-state index contributed by atoms with van der Waals surface area (Å²) in [7, 11) is 0. The second-order valence-corrected chi connectivity index (χ2v) is 6.78. The number of nitrogens with two attached hydrogens (primary N) is 1. The van der Waals surface area contributed by atoms with Gasteiger partial charge in [-0.3, -0.25) is 9.48 Å². The van der Waals surface area contributed by atoms with Gasteiger partial charge in [-0.25, -0.2) is 0 Å². The summed E-state index contributed by atoms with van der Waals surface area (Å²) in [5.74, 6) is 0.176. The topological polar surface area (TPSA) is 60.9 Å². The van der Waals surface area contributed by atoms with Crippen molar-refractivity contribution in [2.45, 2.75) is 58.4 Å². The second-order valence-electron chi connectivity index (χ2n) is 5.93. The number of hydrogen-bond acceptors (Lipinski definition) is 3. The maximum Gasteiger partial charge on any atom is 0.182 e. The Balaban J connectivity index is 2.16. The van der Waals surface area contributed by atoms with Gasteiger partial charge in [-0.2, -0.15) is 5.10 Å². The standard InChI is InChI=1S/C15H24BrN3O/c1-2-8-19-14(12(16)10-18-19)13(20)9-15(11-17)6-4-3-5-7-15/h10H,2-9,11,17H2,1H3. The molecule has 0 aromatic carbocycles. The largest absolute Gasteiger partial charge is 0.330 e. The molecule has 2 N–H and O–H groups in total. The van der Waals surface area contributed by atoms with Gasteiger partial charge in [-0.1, -0.05) is 26.2 Å². The Morgan fingerprint density at radius 3 is 2.75 bits per heavy atom. The summed E-state index contributed by atoms with van der Waals surface area (Å²) in [5.41, 5.74) is 6.71. The van der Waals surface area contributed by atoms with Gasteiger partial charge in [0, 0.05) is 13.0 Å². The van der Waals surface area contributed by atoms with Gasteiger partial charge in [0.2, 0.25) is 0 Å². The molecule has 1 heterocycles. The number of rotatable bonds is 6. The van der Waals surface area contributed by atoms with Crippen molar-refractivity contribution < 1.29 is 4.79 Å². The Labute approximate surface area is 129 Å². The summed E-state index contributed by atoms with van der Waals surface area (Å²) in [5, 5.41) is 4.29. The molecular formula is C15H24BrN3O. The van der Waals surface area contributed by atoms with Gasteiger partial charge in [0.05, 0.1) is 10.7 Å². The number of ketones is 1. The van der Waals surface area contributed by atoms with Crippen LogP contribution in [0, 0.1) is 5.41 Å². The highest BCUT2D eigenvalue weighted by Gasteiger charge is 2.34. The number of carbonyl (C=O) groups is 1. The van der Waals surface area contributed by atoms with Crippen molar-refractivity contribution in [3.05, 3.63) is 16.4 Å². The van der Waals surface area contributed by atoms with Crippen LogP contribution >= 0.6 is 15.9 Å². The van der Waals surface area contributed by atoms with Crippen molar-refractivity contribution in [1.82, 2.24) is 9.78 Å². The van der Waals surface area contributed by atoms with Gasteiger partial charge in [0.15, 0.2) is 5.78 Å². The van der Waals surface area contributed by atoms with Crippen LogP contribution in [-0.2, 0) is 6.54 Å². The molecule has 0 spiro atoms. The van der Waals surface area contributed by atoms with Crippen molar-refractivity contribution in [3.63, 3.8) is 0 Å². The van der Waals surface area contributed by atoms with E-state index in [0.717, 1.165) is 30.3 Å². The molecule has 0 aliphatic heterocycles. The smallest absolute Gasteiger partial charge is 0.182 e.